The van der Waals surface area contributed by atoms with Crippen LogP contribution in [0.25, 0.3) is 0 Å². The van der Waals surface area contributed by atoms with Crippen molar-refractivity contribution in [1.29, 1.82) is 0 Å². The van der Waals surface area contributed by atoms with Gasteiger partial charge in [-0.25, -0.2) is 9.59 Å². The summed E-state index contributed by atoms with van der Waals surface area (Å²) in [5, 5.41) is 4.13. The fourth-order valence-electron chi connectivity index (χ4n) is 3.42. The fourth-order valence-corrected chi connectivity index (χ4v) is 3.42. The zero-order valence-corrected chi connectivity index (χ0v) is 15.9. The van der Waals surface area contributed by atoms with Crippen molar-refractivity contribution in [3.63, 3.8) is 0 Å². The van der Waals surface area contributed by atoms with E-state index in [9.17, 15) is 9.59 Å². The average molecular weight is 379 g/mol. The van der Waals surface area contributed by atoms with Gasteiger partial charge in [-0.05, 0) is 39.0 Å². The number of fused-ring (bicyclic) bond motifs is 2. The summed E-state index contributed by atoms with van der Waals surface area (Å²) in [4.78, 5) is 25.8. The summed E-state index contributed by atoms with van der Waals surface area (Å²) in [7, 11) is 0. The van der Waals surface area contributed by atoms with E-state index in [1.165, 1.54) is 9.69 Å². The second kappa shape index (κ2) is 7.01. The Morgan fingerprint density at radius 3 is 2.50 bits per heavy atom. The van der Waals surface area contributed by atoms with Crippen LogP contribution in [0.5, 0.6) is 0 Å². The van der Waals surface area contributed by atoms with Crippen LogP contribution in [-0.2, 0) is 4.74 Å². The minimum Gasteiger partial charge on any atom is -0.411 e. The van der Waals surface area contributed by atoms with E-state index in [1.807, 2.05) is 50.2 Å². The van der Waals surface area contributed by atoms with Gasteiger partial charge in [0.25, 0.3) is 0 Å². The summed E-state index contributed by atoms with van der Waals surface area (Å²) in [6.45, 7) is 5.55. The lowest BCUT2D eigenvalue weighted by molar-refractivity contribution is 0.0241. The van der Waals surface area contributed by atoms with Crippen LogP contribution in [-0.4, -0.2) is 16.8 Å². The van der Waals surface area contributed by atoms with Crippen molar-refractivity contribution >= 4 is 17.4 Å². The van der Waals surface area contributed by atoms with Crippen LogP contribution in [0.2, 0.25) is 0 Å². The Bertz CT molecular complexity index is 1070. The number of ether oxygens (including phenoxy) is 1. The van der Waals surface area contributed by atoms with Gasteiger partial charge in [-0.2, -0.15) is 9.69 Å². The maximum atomic E-state index is 13.2. The number of urea groups is 1. The SMILES string of the molecule is Cc1oc(=O)n2c1C(OC(C)C)c1ccccc1N2C(=O)Nc1ccccc1. The Morgan fingerprint density at radius 2 is 1.79 bits per heavy atom. The molecule has 0 aliphatic carbocycles. The maximum absolute atomic E-state index is 13.2. The van der Waals surface area contributed by atoms with Crippen molar-refractivity contribution in [3.05, 3.63) is 82.2 Å². The zero-order valence-electron chi connectivity index (χ0n) is 15.9. The summed E-state index contributed by atoms with van der Waals surface area (Å²) < 4.78 is 12.7. The van der Waals surface area contributed by atoms with Gasteiger partial charge in [0.2, 0.25) is 0 Å². The first-order valence-electron chi connectivity index (χ1n) is 9.10. The molecule has 7 heteroatoms. The van der Waals surface area contributed by atoms with Crippen molar-refractivity contribution in [2.75, 3.05) is 10.3 Å². The van der Waals surface area contributed by atoms with Crippen LogP contribution >= 0.6 is 0 Å². The van der Waals surface area contributed by atoms with E-state index in [0.717, 1.165) is 5.56 Å². The topological polar surface area (TPSA) is 76.7 Å². The Morgan fingerprint density at radius 1 is 1.11 bits per heavy atom. The summed E-state index contributed by atoms with van der Waals surface area (Å²) in [6, 6.07) is 16.0. The van der Waals surface area contributed by atoms with Crippen molar-refractivity contribution in [1.82, 2.24) is 4.68 Å². The summed E-state index contributed by atoms with van der Waals surface area (Å²) in [6.07, 6.45) is -0.593. The molecule has 0 bridgehead atoms. The highest BCUT2D eigenvalue weighted by Crippen LogP contribution is 2.40. The minimum atomic E-state index is -0.637. The van der Waals surface area contributed by atoms with Crippen LogP contribution in [0, 0.1) is 6.92 Å². The first-order valence-corrected chi connectivity index (χ1v) is 9.10. The Hall–Kier alpha value is -3.32. The monoisotopic (exact) mass is 379 g/mol. The van der Waals surface area contributed by atoms with Crippen LogP contribution in [0.1, 0.15) is 37.0 Å². The number of aryl methyl sites for hydroxylation is 1. The number of para-hydroxylation sites is 2. The summed E-state index contributed by atoms with van der Waals surface area (Å²) >= 11 is 0. The Labute approximate surface area is 162 Å². The molecule has 4 rings (SSSR count). The highest BCUT2D eigenvalue weighted by molar-refractivity contribution is 6.02. The number of hydrogen-bond donors (Lipinski definition) is 1. The lowest BCUT2D eigenvalue weighted by atomic mass is 10.0. The zero-order chi connectivity index (χ0) is 19.8. The number of amides is 2. The number of benzene rings is 2. The lowest BCUT2D eigenvalue weighted by Crippen LogP contribution is -2.48. The second-order valence-electron chi connectivity index (χ2n) is 6.85. The number of carbonyl (C=O) groups is 1. The van der Waals surface area contributed by atoms with Gasteiger partial charge in [-0.15, -0.1) is 0 Å². The number of hydrogen-bond acceptors (Lipinski definition) is 4. The summed E-state index contributed by atoms with van der Waals surface area (Å²) in [5.41, 5.74) is 2.50. The molecule has 1 aromatic heterocycles. The van der Waals surface area contributed by atoms with E-state index in [1.54, 1.807) is 25.1 Å². The van der Waals surface area contributed by atoms with Gasteiger partial charge in [0, 0.05) is 11.3 Å². The number of oxazole rings is 1. The molecule has 2 aromatic carbocycles. The molecule has 1 N–H and O–H groups in total. The van der Waals surface area contributed by atoms with Gasteiger partial charge in [-0.3, -0.25) is 0 Å². The Kier molecular flexibility index (Phi) is 4.52. The third-order valence-electron chi connectivity index (χ3n) is 4.52. The third kappa shape index (κ3) is 2.99. The number of anilines is 2. The third-order valence-corrected chi connectivity index (χ3v) is 4.52. The molecule has 2 amide bonds. The number of nitrogens with one attached hydrogen (secondary N) is 1. The van der Waals surface area contributed by atoms with E-state index >= 15 is 0 Å². The molecule has 0 radical (unpaired) electrons. The molecule has 0 fully saturated rings. The van der Waals surface area contributed by atoms with Crippen molar-refractivity contribution in [2.24, 2.45) is 0 Å². The van der Waals surface area contributed by atoms with Gasteiger partial charge in [-0.1, -0.05) is 36.4 Å². The largest absolute Gasteiger partial charge is 0.439 e. The van der Waals surface area contributed by atoms with Crippen molar-refractivity contribution in [3.8, 4) is 0 Å². The number of carbonyl (C=O) groups excluding carboxylic acids is 1. The standard InChI is InChI=1S/C21H21N3O4/c1-13(2)27-19-16-11-7-8-12-17(16)23(24-18(19)14(3)28-21(24)26)20(25)22-15-9-5-4-6-10-15/h4-13,19H,1-3H3,(H,22,25). The van der Waals surface area contributed by atoms with E-state index in [2.05, 4.69) is 5.32 Å². The molecular weight excluding hydrogens is 358 g/mol. The van der Waals surface area contributed by atoms with Gasteiger partial charge < -0.3 is 14.5 Å². The predicted molar refractivity (Wildman–Crippen MR) is 106 cm³/mol. The molecule has 1 aliphatic rings. The molecule has 144 valence electrons. The molecule has 1 unspecified atom stereocenters. The number of rotatable bonds is 3. The molecule has 0 saturated heterocycles. The highest BCUT2D eigenvalue weighted by atomic mass is 16.5. The first-order chi connectivity index (χ1) is 13.5. The highest BCUT2D eigenvalue weighted by Gasteiger charge is 2.39. The molecular formula is C21H21N3O4. The summed E-state index contributed by atoms with van der Waals surface area (Å²) in [5.74, 6) is -0.217. The molecule has 28 heavy (non-hydrogen) atoms. The van der Waals surface area contributed by atoms with Gasteiger partial charge in [0.1, 0.15) is 17.6 Å². The molecule has 1 atom stereocenters. The molecule has 3 aromatic rings. The second-order valence-corrected chi connectivity index (χ2v) is 6.85. The van der Waals surface area contributed by atoms with Crippen molar-refractivity contribution in [2.45, 2.75) is 33.0 Å². The first kappa shape index (κ1) is 18.1. The average Bonchev–Trinajstić information content (AvgIpc) is 2.96. The number of aromatic nitrogens is 1. The van der Waals surface area contributed by atoms with Gasteiger partial charge in [0.15, 0.2) is 0 Å². The van der Waals surface area contributed by atoms with Crippen molar-refractivity contribution < 1.29 is 13.9 Å². The van der Waals surface area contributed by atoms with Crippen LogP contribution in [0.3, 0.4) is 0 Å². The van der Waals surface area contributed by atoms with Crippen LogP contribution in [0.4, 0.5) is 16.2 Å². The molecule has 1 aliphatic heterocycles. The molecule has 7 nitrogen and oxygen atoms in total. The van der Waals surface area contributed by atoms with E-state index in [4.69, 9.17) is 9.15 Å². The minimum absolute atomic E-state index is 0.0828. The van der Waals surface area contributed by atoms with Crippen LogP contribution in [0.15, 0.2) is 63.8 Å². The molecule has 0 spiro atoms. The van der Waals surface area contributed by atoms with Crippen LogP contribution < -0.4 is 16.1 Å². The normalized spacial score (nSPS) is 15.3. The molecule has 0 saturated carbocycles. The smallest absolute Gasteiger partial charge is 0.411 e. The van der Waals surface area contributed by atoms with E-state index in [0.29, 0.717) is 22.8 Å². The fraction of sp³-hybridized carbons (Fsp3) is 0.238. The van der Waals surface area contributed by atoms with E-state index in [-0.39, 0.29) is 6.10 Å². The number of nitrogens with zero attached hydrogens (tertiary/aromatic N) is 2. The Balaban J connectivity index is 1.86. The van der Waals surface area contributed by atoms with E-state index < -0.39 is 17.9 Å². The maximum Gasteiger partial charge on any atom is 0.439 e. The quantitative estimate of drug-likeness (QED) is 0.744. The van der Waals surface area contributed by atoms with Gasteiger partial charge in [0.05, 0.1) is 11.8 Å². The lowest BCUT2D eigenvalue weighted by Gasteiger charge is -2.35. The molecule has 2 heterocycles. The predicted octanol–water partition coefficient (Wildman–Crippen LogP) is 4.08. The van der Waals surface area contributed by atoms with Gasteiger partial charge >= 0.3 is 11.8 Å².